The first-order chi connectivity index (χ1) is 9.72. The second kappa shape index (κ2) is 6.08. The second-order valence-electron chi connectivity index (χ2n) is 6.17. The summed E-state index contributed by atoms with van der Waals surface area (Å²) in [5.41, 5.74) is 8.01. The largest absolute Gasteiger partial charge is 0.375 e. The summed E-state index contributed by atoms with van der Waals surface area (Å²) in [6.07, 6.45) is 6.06. The van der Waals surface area contributed by atoms with Crippen LogP contribution in [0.25, 0.3) is 0 Å². The van der Waals surface area contributed by atoms with Crippen molar-refractivity contribution < 1.29 is 4.74 Å². The van der Waals surface area contributed by atoms with Gasteiger partial charge in [0.05, 0.1) is 5.60 Å². The van der Waals surface area contributed by atoms with E-state index in [-0.39, 0.29) is 11.6 Å². The summed E-state index contributed by atoms with van der Waals surface area (Å²) in [6.45, 7) is 3.08. The van der Waals surface area contributed by atoms with E-state index in [0.717, 1.165) is 25.2 Å². The van der Waals surface area contributed by atoms with Crippen LogP contribution in [0.2, 0.25) is 0 Å². The molecule has 1 aliphatic heterocycles. The van der Waals surface area contributed by atoms with Crippen LogP contribution < -0.4 is 5.73 Å². The van der Waals surface area contributed by atoms with Gasteiger partial charge in [-0.3, -0.25) is 0 Å². The van der Waals surface area contributed by atoms with E-state index in [1.807, 2.05) is 11.8 Å². The number of hydrogen-bond donors (Lipinski definition) is 1. The molecule has 2 atom stereocenters. The van der Waals surface area contributed by atoms with Gasteiger partial charge in [-0.1, -0.05) is 19.1 Å². The van der Waals surface area contributed by atoms with Gasteiger partial charge in [0.25, 0.3) is 0 Å². The molecule has 0 aromatic heterocycles. The number of thioether (sulfide) groups is 1. The van der Waals surface area contributed by atoms with Gasteiger partial charge in [0.1, 0.15) is 0 Å². The quantitative estimate of drug-likeness (QED) is 0.847. The molecule has 2 nitrogen and oxygen atoms in total. The lowest BCUT2D eigenvalue weighted by Gasteiger charge is -2.48. The van der Waals surface area contributed by atoms with Crippen molar-refractivity contribution in [2.24, 2.45) is 11.7 Å². The molecule has 3 rings (SSSR count). The van der Waals surface area contributed by atoms with E-state index in [2.05, 4.69) is 31.2 Å². The average molecular weight is 291 g/mol. The van der Waals surface area contributed by atoms with Crippen molar-refractivity contribution in [3.63, 3.8) is 0 Å². The van der Waals surface area contributed by atoms with Crippen molar-refractivity contribution in [2.75, 3.05) is 12.4 Å². The van der Waals surface area contributed by atoms with Gasteiger partial charge in [-0.2, -0.15) is 0 Å². The van der Waals surface area contributed by atoms with E-state index >= 15 is 0 Å². The molecular weight excluding hydrogens is 266 g/mol. The number of hydrogen-bond acceptors (Lipinski definition) is 3. The monoisotopic (exact) mass is 291 g/mol. The molecule has 1 aromatic rings. The molecule has 1 spiro atoms. The first-order valence-electron chi connectivity index (χ1n) is 7.85. The minimum Gasteiger partial charge on any atom is -0.375 e. The smallest absolute Gasteiger partial charge is 0.0686 e. The maximum Gasteiger partial charge on any atom is 0.0686 e. The fraction of sp³-hybridized carbons (Fsp3) is 0.647. The summed E-state index contributed by atoms with van der Waals surface area (Å²) in [7, 11) is 0. The molecule has 1 saturated carbocycles. The van der Waals surface area contributed by atoms with Crippen LogP contribution in [0, 0.1) is 5.92 Å². The fourth-order valence-electron chi connectivity index (χ4n) is 3.52. The number of rotatable bonds is 4. The predicted octanol–water partition coefficient (Wildman–Crippen LogP) is 4.15. The van der Waals surface area contributed by atoms with E-state index < -0.39 is 0 Å². The standard InChI is InChI=1S/C17H25NOS/c1-2-20-15-6-4-13(5-7-15)16(18)14-8-11-19-17(12-14)9-3-10-17/h4-7,14,16H,2-3,8-12,18H2,1H3. The van der Waals surface area contributed by atoms with Crippen molar-refractivity contribution in [3.8, 4) is 0 Å². The molecule has 0 amide bonds. The van der Waals surface area contributed by atoms with Crippen molar-refractivity contribution in [2.45, 2.75) is 55.6 Å². The molecule has 1 aromatic carbocycles. The van der Waals surface area contributed by atoms with Crippen LogP contribution >= 0.6 is 11.8 Å². The van der Waals surface area contributed by atoms with Crippen LogP contribution in [0.15, 0.2) is 29.2 Å². The topological polar surface area (TPSA) is 35.2 Å². The normalized spacial score (nSPS) is 26.2. The molecule has 1 saturated heterocycles. The van der Waals surface area contributed by atoms with Crippen molar-refractivity contribution >= 4 is 11.8 Å². The van der Waals surface area contributed by atoms with Crippen molar-refractivity contribution in [1.82, 2.24) is 0 Å². The summed E-state index contributed by atoms with van der Waals surface area (Å²) >= 11 is 1.88. The minimum absolute atomic E-state index is 0.164. The lowest BCUT2D eigenvalue weighted by molar-refractivity contribution is -0.146. The fourth-order valence-corrected chi connectivity index (χ4v) is 4.18. The third-order valence-electron chi connectivity index (χ3n) is 4.88. The highest BCUT2D eigenvalue weighted by atomic mass is 32.2. The van der Waals surface area contributed by atoms with E-state index in [9.17, 15) is 0 Å². The molecular formula is C17H25NOS. The van der Waals surface area contributed by atoms with Gasteiger partial charge in [0.2, 0.25) is 0 Å². The lowest BCUT2D eigenvalue weighted by Crippen LogP contribution is -2.47. The van der Waals surface area contributed by atoms with Gasteiger partial charge in [-0.25, -0.2) is 0 Å². The predicted molar refractivity (Wildman–Crippen MR) is 85.0 cm³/mol. The minimum atomic E-state index is 0.164. The number of benzene rings is 1. The third-order valence-corrected chi connectivity index (χ3v) is 5.77. The van der Waals surface area contributed by atoms with Gasteiger partial charge in [0.15, 0.2) is 0 Å². The Kier molecular flexibility index (Phi) is 4.39. The average Bonchev–Trinajstić information content (AvgIpc) is 2.46. The van der Waals surface area contributed by atoms with Gasteiger partial charge < -0.3 is 10.5 Å². The molecule has 2 fully saturated rings. The summed E-state index contributed by atoms with van der Waals surface area (Å²) in [4.78, 5) is 1.34. The maximum absolute atomic E-state index is 6.53. The Labute approximate surface area is 126 Å². The van der Waals surface area contributed by atoms with Crippen LogP contribution in [-0.4, -0.2) is 18.0 Å². The molecule has 0 radical (unpaired) electrons. The zero-order valence-corrected chi connectivity index (χ0v) is 13.1. The van der Waals surface area contributed by atoms with Crippen LogP contribution in [-0.2, 0) is 4.74 Å². The first-order valence-corrected chi connectivity index (χ1v) is 8.83. The molecule has 1 aliphatic carbocycles. The highest BCUT2D eigenvalue weighted by Gasteiger charge is 2.43. The Bertz CT molecular complexity index is 441. The highest BCUT2D eigenvalue weighted by Crippen LogP contribution is 2.46. The Hall–Kier alpha value is -0.510. The molecule has 3 heteroatoms. The van der Waals surface area contributed by atoms with E-state index in [4.69, 9.17) is 10.5 Å². The molecule has 1 heterocycles. The van der Waals surface area contributed by atoms with Crippen molar-refractivity contribution in [3.05, 3.63) is 29.8 Å². The van der Waals surface area contributed by atoms with E-state index in [1.54, 1.807) is 0 Å². The molecule has 0 bridgehead atoms. The molecule has 2 aliphatic rings. The first kappa shape index (κ1) is 14.4. The highest BCUT2D eigenvalue weighted by molar-refractivity contribution is 7.99. The lowest BCUT2D eigenvalue weighted by atomic mass is 9.70. The Balaban J connectivity index is 1.66. The maximum atomic E-state index is 6.53. The molecule has 2 unspecified atom stereocenters. The van der Waals surface area contributed by atoms with Crippen molar-refractivity contribution in [1.29, 1.82) is 0 Å². The van der Waals surface area contributed by atoms with E-state index in [1.165, 1.54) is 29.7 Å². The second-order valence-corrected chi connectivity index (χ2v) is 7.50. The Morgan fingerprint density at radius 1 is 1.35 bits per heavy atom. The Morgan fingerprint density at radius 3 is 2.70 bits per heavy atom. The van der Waals surface area contributed by atoms with Gasteiger partial charge in [0, 0.05) is 17.5 Å². The van der Waals surface area contributed by atoms with Crippen LogP contribution in [0.4, 0.5) is 0 Å². The van der Waals surface area contributed by atoms with Crippen LogP contribution in [0.1, 0.15) is 50.6 Å². The SMILES string of the molecule is CCSc1ccc(C(N)C2CCOC3(CCC3)C2)cc1. The zero-order valence-electron chi connectivity index (χ0n) is 12.3. The van der Waals surface area contributed by atoms with Gasteiger partial charge >= 0.3 is 0 Å². The molecule has 20 heavy (non-hydrogen) atoms. The van der Waals surface area contributed by atoms with E-state index in [0.29, 0.717) is 5.92 Å². The van der Waals surface area contributed by atoms with Gasteiger partial charge in [-0.05, 0) is 61.5 Å². The van der Waals surface area contributed by atoms with Gasteiger partial charge in [-0.15, -0.1) is 11.8 Å². The summed E-state index contributed by atoms with van der Waals surface area (Å²) in [5.74, 6) is 1.70. The molecule has 110 valence electrons. The summed E-state index contributed by atoms with van der Waals surface area (Å²) in [5, 5.41) is 0. The Morgan fingerprint density at radius 2 is 2.10 bits per heavy atom. The number of ether oxygens (including phenoxy) is 1. The molecule has 2 N–H and O–H groups in total. The zero-order chi connectivity index (χ0) is 14.0. The van der Waals surface area contributed by atoms with Crippen LogP contribution in [0.3, 0.4) is 0 Å². The van der Waals surface area contributed by atoms with Crippen LogP contribution in [0.5, 0.6) is 0 Å². The summed E-state index contributed by atoms with van der Waals surface area (Å²) < 4.78 is 6.01. The number of nitrogens with two attached hydrogens (primary N) is 1. The third kappa shape index (κ3) is 2.90. The summed E-state index contributed by atoms with van der Waals surface area (Å²) in [6, 6.07) is 9.01.